The van der Waals surface area contributed by atoms with Gasteiger partial charge >= 0.3 is 6.09 Å². The molecule has 0 fully saturated rings. The molecule has 0 bridgehead atoms. The normalized spacial score (nSPS) is 15.0. The zero-order valence-corrected chi connectivity index (χ0v) is 13.8. The molecule has 5 nitrogen and oxygen atoms in total. The van der Waals surface area contributed by atoms with E-state index in [-0.39, 0.29) is 17.9 Å². The quantitative estimate of drug-likeness (QED) is 0.674. The summed E-state index contributed by atoms with van der Waals surface area (Å²) in [6.45, 7) is 13.1. The molecular formula is C15H31NO4. The summed E-state index contributed by atoms with van der Waals surface area (Å²) < 4.78 is 10.6. The number of hydrogen-bond acceptors (Lipinski definition) is 4. The molecule has 0 spiro atoms. The maximum atomic E-state index is 11.7. The van der Waals surface area contributed by atoms with Crippen LogP contribution in [0.3, 0.4) is 0 Å². The van der Waals surface area contributed by atoms with Gasteiger partial charge in [0.25, 0.3) is 0 Å². The minimum absolute atomic E-state index is 0.00748. The zero-order chi connectivity index (χ0) is 15.8. The largest absolute Gasteiger partial charge is 0.444 e. The fourth-order valence-electron chi connectivity index (χ4n) is 1.88. The third-order valence-electron chi connectivity index (χ3n) is 3.47. The van der Waals surface area contributed by atoms with Crippen molar-refractivity contribution in [2.24, 2.45) is 11.3 Å². The molecule has 120 valence electrons. The number of aliphatic hydroxyl groups is 1. The number of ether oxygens (including phenoxy) is 2. The lowest BCUT2D eigenvalue weighted by Crippen LogP contribution is -2.45. The highest BCUT2D eigenvalue weighted by molar-refractivity contribution is 5.67. The van der Waals surface area contributed by atoms with Crippen molar-refractivity contribution >= 4 is 6.09 Å². The Morgan fingerprint density at radius 3 is 2.30 bits per heavy atom. The summed E-state index contributed by atoms with van der Waals surface area (Å²) in [6.07, 6.45) is 0.248. The van der Waals surface area contributed by atoms with Gasteiger partial charge in [-0.15, -0.1) is 0 Å². The number of amides is 1. The van der Waals surface area contributed by atoms with Crippen LogP contribution in [0.1, 0.15) is 48.0 Å². The van der Waals surface area contributed by atoms with Crippen LogP contribution in [-0.4, -0.2) is 43.2 Å². The second kappa shape index (κ2) is 8.47. The van der Waals surface area contributed by atoms with Crippen LogP contribution in [0, 0.1) is 11.3 Å². The monoisotopic (exact) mass is 289 g/mol. The Labute approximate surface area is 123 Å². The third-order valence-corrected chi connectivity index (χ3v) is 3.47. The fourth-order valence-corrected chi connectivity index (χ4v) is 1.88. The Morgan fingerprint density at radius 1 is 1.30 bits per heavy atom. The van der Waals surface area contributed by atoms with Crippen molar-refractivity contribution < 1.29 is 19.4 Å². The molecule has 0 radical (unpaired) electrons. The lowest BCUT2D eigenvalue weighted by Gasteiger charge is -2.36. The van der Waals surface area contributed by atoms with E-state index >= 15 is 0 Å². The molecule has 0 aliphatic rings. The number of aliphatic hydroxyl groups excluding tert-OH is 1. The topological polar surface area (TPSA) is 67.8 Å². The first-order chi connectivity index (χ1) is 9.17. The van der Waals surface area contributed by atoms with Crippen LogP contribution < -0.4 is 5.32 Å². The van der Waals surface area contributed by atoms with Crippen molar-refractivity contribution in [3.8, 4) is 0 Å². The molecular weight excluding hydrogens is 258 g/mol. The van der Waals surface area contributed by atoms with Crippen molar-refractivity contribution in [3.63, 3.8) is 0 Å². The molecule has 20 heavy (non-hydrogen) atoms. The number of nitrogens with one attached hydrogen (secondary N) is 1. The average Bonchev–Trinajstić information content (AvgIpc) is 2.31. The molecule has 2 N–H and O–H groups in total. The van der Waals surface area contributed by atoms with Crippen molar-refractivity contribution in [1.29, 1.82) is 0 Å². The van der Waals surface area contributed by atoms with Gasteiger partial charge in [0.05, 0.1) is 6.61 Å². The zero-order valence-electron chi connectivity index (χ0n) is 13.8. The molecule has 1 unspecified atom stereocenters. The molecule has 1 atom stereocenters. The summed E-state index contributed by atoms with van der Waals surface area (Å²) in [5, 5.41) is 12.5. The van der Waals surface area contributed by atoms with Gasteiger partial charge in [0, 0.05) is 25.2 Å². The van der Waals surface area contributed by atoms with E-state index in [1.165, 1.54) is 0 Å². The second-order valence-electron chi connectivity index (χ2n) is 6.48. The van der Waals surface area contributed by atoms with Gasteiger partial charge in [0.2, 0.25) is 0 Å². The van der Waals surface area contributed by atoms with Gasteiger partial charge in [0.15, 0.2) is 0 Å². The predicted molar refractivity (Wildman–Crippen MR) is 79.7 cm³/mol. The second-order valence-corrected chi connectivity index (χ2v) is 6.48. The van der Waals surface area contributed by atoms with Crippen molar-refractivity contribution in [3.05, 3.63) is 0 Å². The van der Waals surface area contributed by atoms with E-state index in [2.05, 4.69) is 5.32 Å². The first-order valence-electron chi connectivity index (χ1n) is 7.32. The third kappa shape index (κ3) is 7.10. The molecule has 1 amide bonds. The Kier molecular flexibility index (Phi) is 8.13. The highest BCUT2D eigenvalue weighted by atomic mass is 16.6. The molecule has 0 heterocycles. The highest BCUT2D eigenvalue weighted by Crippen LogP contribution is 2.30. The lowest BCUT2D eigenvalue weighted by atomic mass is 9.75. The van der Waals surface area contributed by atoms with Gasteiger partial charge in [-0.2, -0.15) is 0 Å². The van der Waals surface area contributed by atoms with Crippen LogP contribution in [0.4, 0.5) is 4.79 Å². The number of rotatable bonds is 8. The van der Waals surface area contributed by atoms with Gasteiger partial charge in [-0.3, -0.25) is 0 Å². The first kappa shape index (κ1) is 19.2. The SMILES string of the molecule is CCOCCC(CO)(CNC(=O)OC(C)(C)C)C(C)C. The summed E-state index contributed by atoms with van der Waals surface area (Å²) in [5.41, 5.74) is -0.902. The number of alkyl carbamates (subject to hydrolysis) is 1. The molecule has 0 aromatic carbocycles. The predicted octanol–water partition coefficient (Wildman–Crippen LogP) is 2.57. The Balaban J connectivity index is 4.53. The molecule has 0 aromatic rings. The first-order valence-corrected chi connectivity index (χ1v) is 7.32. The van der Waals surface area contributed by atoms with Gasteiger partial charge in [0.1, 0.15) is 5.60 Å². The van der Waals surface area contributed by atoms with E-state index in [0.717, 1.165) is 0 Å². The van der Waals surface area contributed by atoms with Crippen LogP contribution in [0.15, 0.2) is 0 Å². The van der Waals surface area contributed by atoms with Crippen LogP contribution in [-0.2, 0) is 9.47 Å². The average molecular weight is 289 g/mol. The van der Waals surface area contributed by atoms with E-state index in [9.17, 15) is 9.90 Å². The Hall–Kier alpha value is -0.810. The van der Waals surface area contributed by atoms with Crippen molar-refractivity contribution in [2.45, 2.75) is 53.6 Å². The standard InChI is InChI=1S/C15H31NO4/c1-7-19-9-8-15(11-17,12(2)3)10-16-13(18)20-14(4,5)6/h12,17H,7-11H2,1-6H3,(H,16,18). The fraction of sp³-hybridized carbons (Fsp3) is 0.933. The molecule has 0 saturated carbocycles. The summed E-state index contributed by atoms with van der Waals surface area (Å²) in [4.78, 5) is 11.7. The molecule has 0 aliphatic carbocycles. The van der Waals surface area contributed by atoms with Crippen molar-refractivity contribution in [2.75, 3.05) is 26.4 Å². The van der Waals surface area contributed by atoms with E-state index in [0.29, 0.717) is 26.2 Å². The molecule has 0 aliphatic heterocycles. The summed E-state index contributed by atoms with van der Waals surface area (Å²) in [6, 6.07) is 0. The van der Waals surface area contributed by atoms with E-state index in [1.807, 2.05) is 41.5 Å². The summed E-state index contributed by atoms with van der Waals surface area (Å²) >= 11 is 0. The van der Waals surface area contributed by atoms with Gasteiger partial charge < -0.3 is 19.9 Å². The van der Waals surface area contributed by atoms with Crippen molar-refractivity contribution in [1.82, 2.24) is 5.32 Å². The smallest absolute Gasteiger partial charge is 0.407 e. The Bertz CT molecular complexity index is 286. The maximum Gasteiger partial charge on any atom is 0.407 e. The van der Waals surface area contributed by atoms with Gasteiger partial charge in [-0.25, -0.2) is 4.79 Å². The minimum atomic E-state index is -0.519. The number of hydrogen-bond donors (Lipinski definition) is 2. The van der Waals surface area contributed by atoms with Crippen LogP contribution in [0.2, 0.25) is 0 Å². The molecule has 0 rings (SSSR count). The van der Waals surface area contributed by atoms with E-state index in [4.69, 9.17) is 9.47 Å². The number of carbonyl (C=O) groups excluding carboxylic acids is 1. The van der Waals surface area contributed by atoms with Gasteiger partial charge in [-0.1, -0.05) is 13.8 Å². The molecule has 0 aromatic heterocycles. The number of carbonyl (C=O) groups is 1. The molecule has 5 heteroatoms. The maximum absolute atomic E-state index is 11.7. The summed E-state index contributed by atoms with van der Waals surface area (Å²) in [7, 11) is 0. The molecule has 0 saturated heterocycles. The van der Waals surface area contributed by atoms with E-state index < -0.39 is 11.7 Å². The van der Waals surface area contributed by atoms with E-state index in [1.54, 1.807) is 0 Å². The highest BCUT2D eigenvalue weighted by Gasteiger charge is 2.34. The minimum Gasteiger partial charge on any atom is -0.444 e. The van der Waals surface area contributed by atoms with Crippen LogP contribution in [0.25, 0.3) is 0 Å². The lowest BCUT2D eigenvalue weighted by molar-refractivity contribution is 0.0194. The van der Waals surface area contributed by atoms with Crippen LogP contribution >= 0.6 is 0 Å². The summed E-state index contributed by atoms with van der Waals surface area (Å²) in [5.74, 6) is 0.225. The van der Waals surface area contributed by atoms with Crippen LogP contribution in [0.5, 0.6) is 0 Å². The Morgan fingerprint density at radius 2 is 1.90 bits per heavy atom. The van der Waals surface area contributed by atoms with Gasteiger partial charge in [-0.05, 0) is 40.0 Å².